The first kappa shape index (κ1) is 21.1. The summed E-state index contributed by atoms with van der Waals surface area (Å²) in [6, 6.07) is 11.4. The van der Waals surface area contributed by atoms with Crippen LogP contribution >= 0.6 is 0 Å². The Hall–Kier alpha value is -2.25. The molecule has 0 fully saturated rings. The van der Waals surface area contributed by atoms with E-state index in [9.17, 15) is 17.6 Å². The van der Waals surface area contributed by atoms with Gasteiger partial charge in [-0.15, -0.1) is 0 Å². The van der Waals surface area contributed by atoms with Crippen LogP contribution in [-0.4, -0.2) is 39.1 Å². The summed E-state index contributed by atoms with van der Waals surface area (Å²) in [6.07, 6.45) is 1.17. The van der Waals surface area contributed by atoms with Gasteiger partial charge in [0.1, 0.15) is 5.82 Å². The van der Waals surface area contributed by atoms with E-state index in [0.29, 0.717) is 12.1 Å². The second-order valence-corrected chi connectivity index (χ2v) is 8.81. The lowest BCUT2D eigenvalue weighted by Gasteiger charge is -2.24. The zero-order valence-corrected chi connectivity index (χ0v) is 16.8. The molecule has 0 spiro atoms. The molecule has 27 heavy (non-hydrogen) atoms. The van der Waals surface area contributed by atoms with Crippen molar-refractivity contribution in [2.75, 3.05) is 19.8 Å². The molecule has 5 nitrogen and oxygen atoms in total. The second-order valence-electron chi connectivity index (χ2n) is 6.79. The molecule has 0 saturated heterocycles. The molecule has 2 rings (SSSR count). The number of nitrogens with zero attached hydrogens (tertiary/aromatic N) is 1. The van der Waals surface area contributed by atoms with E-state index in [-0.39, 0.29) is 29.2 Å². The van der Waals surface area contributed by atoms with Crippen LogP contribution in [0.2, 0.25) is 0 Å². The first-order valence-electron chi connectivity index (χ1n) is 8.60. The molecule has 0 heterocycles. The van der Waals surface area contributed by atoms with Crippen molar-refractivity contribution in [3.63, 3.8) is 0 Å². The van der Waals surface area contributed by atoms with Gasteiger partial charge in [0.25, 0.3) is 0 Å². The van der Waals surface area contributed by atoms with Crippen LogP contribution in [0.4, 0.5) is 4.39 Å². The normalized spacial score (nSPS) is 12.8. The number of likely N-dealkylation sites (N-methyl/N-ethyl adjacent to an activating group) is 1. The van der Waals surface area contributed by atoms with E-state index in [1.807, 2.05) is 18.9 Å². The van der Waals surface area contributed by atoms with E-state index in [4.69, 9.17) is 0 Å². The Balaban J connectivity index is 1.92. The van der Waals surface area contributed by atoms with Gasteiger partial charge in [0, 0.05) is 18.8 Å². The number of benzene rings is 2. The van der Waals surface area contributed by atoms with E-state index in [1.165, 1.54) is 12.3 Å². The molecule has 0 aliphatic heterocycles. The van der Waals surface area contributed by atoms with Crippen LogP contribution in [0.3, 0.4) is 0 Å². The van der Waals surface area contributed by atoms with Gasteiger partial charge in [-0.05, 0) is 55.8 Å². The first-order valence-corrected chi connectivity index (χ1v) is 10.5. The van der Waals surface area contributed by atoms with E-state index >= 15 is 0 Å². The van der Waals surface area contributed by atoms with Gasteiger partial charge in [-0.25, -0.2) is 12.8 Å². The minimum Gasteiger partial charge on any atom is -0.351 e. The molecule has 1 atom stereocenters. The van der Waals surface area contributed by atoms with Crippen molar-refractivity contribution in [2.45, 2.75) is 31.3 Å². The molecule has 0 bridgehead atoms. The van der Waals surface area contributed by atoms with E-state index < -0.39 is 9.84 Å². The number of hydrogen-bond acceptors (Lipinski definition) is 4. The van der Waals surface area contributed by atoms with Crippen molar-refractivity contribution in [3.05, 3.63) is 65.0 Å². The average Bonchev–Trinajstić information content (AvgIpc) is 2.61. The summed E-state index contributed by atoms with van der Waals surface area (Å²) in [7, 11) is -1.40. The highest BCUT2D eigenvalue weighted by Crippen LogP contribution is 2.20. The lowest BCUT2D eigenvalue weighted by atomic mass is 10.1. The highest BCUT2D eigenvalue weighted by Gasteiger charge is 2.16. The van der Waals surface area contributed by atoms with Gasteiger partial charge >= 0.3 is 0 Å². The summed E-state index contributed by atoms with van der Waals surface area (Å²) in [5.41, 5.74) is 2.31. The third-order valence-corrected chi connectivity index (χ3v) is 5.69. The summed E-state index contributed by atoms with van der Waals surface area (Å²) in [6.45, 7) is 4.16. The van der Waals surface area contributed by atoms with Gasteiger partial charge in [-0.3, -0.25) is 9.69 Å². The minimum atomic E-state index is -3.23. The SMILES string of the molecule is Cc1cc(CNC(=O)CN(C)C(C)c2ccc(S(C)(=O)=O)cc2)ccc1F. The molecular weight excluding hydrogens is 367 g/mol. The molecular formula is C20H25FN2O3S. The van der Waals surface area contributed by atoms with Crippen LogP contribution in [-0.2, 0) is 21.2 Å². The third-order valence-electron chi connectivity index (χ3n) is 4.56. The van der Waals surface area contributed by atoms with Crippen LogP contribution in [0.25, 0.3) is 0 Å². The third kappa shape index (κ3) is 5.87. The van der Waals surface area contributed by atoms with Crippen LogP contribution in [0.1, 0.15) is 29.7 Å². The van der Waals surface area contributed by atoms with Crippen LogP contribution in [0, 0.1) is 12.7 Å². The van der Waals surface area contributed by atoms with Gasteiger partial charge in [0.2, 0.25) is 5.91 Å². The molecule has 1 unspecified atom stereocenters. The monoisotopic (exact) mass is 392 g/mol. The van der Waals surface area contributed by atoms with Gasteiger partial charge in [-0.1, -0.05) is 24.3 Å². The maximum atomic E-state index is 13.3. The first-order chi connectivity index (χ1) is 12.6. The lowest BCUT2D eigenvalue weighted by Crippen LogP contribution is -2.36. The van der Waals surface area contributed by atoms with Crippen molar-refractivity contribution in [2.24, 2.45) is 0 Å². The van der Waals surface area contributed by atoms with Crippen LogP contribution in [0.15, 0.2) is 47.4 Å². The Bertz CT molecular complexity index is 911. The van der Waals surface area contributed by atoms with Crippen molar-refractivity contribution < 1.29 is 17.6 Å². The summed E-state index contributed by atoms with van der Waals surface area (Å²) in [5, 5.41) is 2.83. The number of aryl methyl sites for hydroxylation is 1. The highest BCUT2D eigenvalue weighted by atomic mass is 32.2. The molecule has 0 saturated carbocycles. The number of amides is 1. The molecule has 0 radical (unpaired) electrons. The fraction of sp³-hybridized carbons (Fsp3) is 0.350. The fourth-order valence-electron chi connectivity index (χ4n) is 2.68. The number of halogens is 1. The van der Waals surface area contributed by atoms with Crippen LogP contribution < -0.4 is 5.32 Å². The standard InChI is InChI=1S/C20H25FN2O3S/c1-14-11-16(5-10-19(14)21)12-22-20(24)13-23(3)15(2)17-6-8-18(9-7-17)27(4,25)26/h5-11,15H,12-13H2,1-4H3,(H,22,24). The van der Waals surface area contributed by atoms with Crippen molar-refractivity contribution in [3.8, 4) is 0 Å². The summed E-state index contributed by atoms with van der Waals surface area (Å²) in [4.78, 5) is 14.3. The molecule has 0 aromatic heterocycles. The molecule has 0 aliphatic rings. The Morgan fingerprint density at radius 2 is 1.81 bits per heavy atom. The van der Waals surface area contributed by atoms with Crippen LogP contribution in [0.5, 0.6) is 0 Å². The Kier molecular flexibility index (Phi) is 6.73. The molecule has 146 valence electrons. The van der Waals surface area contributed by atoms with E-state index in [2.05, 4.69) is 5.32 Å². The Morgan fingerprint density at radius 1 is 1.19 bits per heavy atom. The van der Waals surface area contributed by atoms with Gasteiger partial charge < -0.3 is 5.32 Å². The van der Waals surface area contributed by atoms with Crippen molar-refractivity contribution >= 4 is 15.7 Å². The van der Waals surface area contributed by atoms with E-state index in [1.54, 1.807) is 43.3 Å². The quantitative estimate of drug-likeness (QED) is 0.787. The summed E-state index contributed by atoms with van der Waals surface area (Å²) in [5.74, 6) is -0.403. The lowest BCUT2D eigenvalue weighted by molar-refractivity contribution is -0.122. The Labute approximate surface area is 160 Å². The number of sulfone groups is 1. The number of nitrogens with one attached hydrogen (secondary N) is 1. The maximum Gasteiger partial charge on any atom is 0.234 e. The highest BCUT2D eigenvalue weighted by molar-refractivity contribution is 7.90. The number of carbonyl (C=O) groups excluding carboxylic acids is 1. The molecule has 2 aromatic rings. The largest absolute Gasteiger partial charge is 0.351 e. The van der Waals surface area contributed by atoms with Crippen molar-refractivity contribution in [1.29, 1.82) is 0 Å². The number of carbonyl (C=O) groups is 1. The zero-order valence-electron chi connectivity index (χ0n) is 16.0. The average molecular weight is 392 g/mol. The molecule has 7 heteroatoms. The van der Waals surface area contributed by atoms with E-state index in [0.717, 1.165) is 11.1 Å². The molecule has 1 N–H and O–H groups in total. The second kappa shape index (κ2) is 8.63. The molecule has 0 aliphatic carbocycles. The topological polar surface area (TPSA) is 66.5 Å². The fourth-order valence-corrected chi connectivity index (χ4v) is 3.32. The summed E-state index contributed by atoms with van der Waals surface area (Å²) >= 11 is 0. The zero-order chi connectivity index (χ0) is 20.2. The van der Waals surface area contributed by atoms with Gasteiger partial charge in [0.05, 0.1) is 11.4 Å². The minimum absolute atomic E-state index is 0.0579. The van der Waals surface area contributed by atoms with Gasteiger partial charge in [0.15, 0.2) is 9.84 Å². The van der Waals surface area contributed by atoms with Gasteiger partial charge in [-0.2, -0.15) is 0 Å². The molecule has 2 aromatic carbocycles. The van der Waals surface area contributed by atoms with Crippen molar-refractivity contribution in [1.82, 2.24) is 10.2 Å². The number of hydrogen-bond donors (Lipinski definition) is 1. The summed E-state index contributed by atoms with van der Waals surface area (Å²) < 4.78 is 36.4. The number of rotatable bonds is 7. The smallest absolute Gasteiger partial charge is 0.234 e. The molecule has 1 amide bonds. The Morgan fingerprint density at radius 3 is 2.37 bits per heavy atom. The predicted molar refractivity (Wildman–Crippen MR) is 104 cm³/mol. The predicted octanol–water partition coefficient (Wildman–Crippen LogP) is 2.85. The maximum absolute atomic E-state index is 13.3.